The van der Waals surface area contributed by atoms with Gasteiger partial charge in [0.05, 0.1) is 5.02 Å². The van der Waals surface area contributed by atoms with Gasteiger partial charge in [-0.2, -0.15) is 0 Å². The average Bonchev–Trinajstić information content (AvgIpc) is 2.53. The maximum atomic E-state index is 6.27. The highest BCUT2D eigenvalue weighted by Crippen LogP contribution is 2.35. The molecule has 1 fully saturated rings. The summed E-state index contributed by atoms with van der Waals surface area (Å²) in [5.41, 5.74) is 0. The molecule has 0 radical (unpaired) electrons. The lowest BCUT2D eigenvalue weighted by Gasteiger charge is -2.34. The normalized spacial score (nSPS) is 24.0. The average molecular weight is 326 g/mol. The van der Waals surface area contributed by atoms with E-state index < -0.39 is 0 Å². The van der Waals surface area contributed by atoms with Crippen LogP contribution in [-0.2, 0) is 0 Å². The van der Waals surface area contributed by atoms with Gasteiger partial charge in [0, 0.05) is 16.7 Å². The van der Waals surface area contributed by atoms with Gasteiger partial charge in [-0.3, -0.25) is 0 Å². The first-order valence-corrected chi connectivity index (χ1v) is 9.71. The van der Waals surface area contributed by atoms with Crippen molar-refractivity contribution in [1.82, 2.24) is 5.32 Å². The summed E-state index contributed by atoms with van der Waals surface area (Å²) in [6.45, 7) is 5.61. The molecule has 0 amide bonds. The summed E-state index contributed by atoms with van der Waals surface area (Å²) in [6, 6.07) is 8.81. The van der Waals surface area contributed by atoms with Crippen molar-refractivity contribution >= 4 is 23.4 Å². The largest absolute Gasteiger partial charge is 0.313 e. The van der Waals surface area contributed by atoms with Gasteiger partial charge in [-0.05, 0) is 43.4 Å². The second-order valence-corrected chi connectivity index (χ2v) is 7.58. The van der Waals surface area contributed by atoms with Gasteiger partial charge < -0.3 is 5.32 Å². The molecule has 0 aliphatic heterocycles. The zero-order valence-electron chi connectivity index (χ0n) is 13.3. The monoisotopic (exact) mass is 325 g/mol. The Hall–Kier alpha value is -0.180. The molecular weight excluding hydrogens is 298 g/mol. The zero-order valence-corrected chi connectivity index (χ0v) is 14.8. The van der Waals surface area contributed by atoms with Crippen LogP contribution in [0.15, 0.2) is 29.2 Å². The van der Waals surface area contributed by atoms with E-state index in [0.29, 0.717) is 6.04 Å². The van der Waals surface area contributed by atoms with E-state index in [-0.39, 0.29) is 0 Å². The second-order valence-electron chi connectivity index (χ2n) is 6.11. The molecule has 1 saturated carbocycles. The van der Waals surface area contributed by atoms with Crippen LogP contribution in [0.2, 0.25) is 5.02 Å². The van der Waals surface area contributed by atoms with E-state index in [1.165, 1.54) is 37.0 Å². The van der Waals surface area contributed by atoms with E-state index >= 15 is 0 Å². The van der Waals surface area contributed by atoms with Gasteiger partial charge in [0.15, 0.2) is 0 Å². The fraction of sp³-hybridized carbons (Fsp3) is 0.667. The molecule has 118 valence electrons. The van der Waals surface area contributed by atoms with Crippen LogP contribution < -0.4 is 5.32 Å². The van der Waals surface area contributed by atoms with Crippen LogP contribution in [0.25, 0.3) is 0 Å². The predicted octanol–water partition coefficient (Wildman–Crippen LogP) is 5.63. The minimum Gasteiger partial charge on any atom is -0.313 e. The second kappa shape index (κ2) is 9.07. The summed E-state index contributed by atoms with van der Waals surface area (Å²) >= 11 is 8.18. The van der Waals surface area contributed by atoms with Gasteiger partial charge in [0.2, 0.25) is 0 Å². The Kier molecular flexibility index (Phi) is 7.42. The standard InChI is InChI=1S/C18H28ClNS/c1-3-14-8-7-9-15(12-14)17(20-4-2)13-21-18-11-6-5-10-16(18)19/h5-6,10-11,14-15,17,20H,3-4,7-9,12-13H2,1-2H3. The Morgan fingerprint density at radius 2 is 2.10 bits per heavy atom. The lowest BCUT2D eigenvalue weighted by Crippen LogP contribution is -2.40. The topological polar surface area (TPSA) is 12.0 Å². The molecule has 3 unspecified atom stereocenters. The first-order chi connectivity index (χ1) is 10.2. The number of thioether (sulfide) groups is 1. The summed E-state index contributed by atoms with van der Waals surface area (Å²) in [6.07, 6.45) is 6.97. The summed E-state index contributed by atoms with van der Waals surface area (Å²) in [5, 5.41) is 4.61. The molecular formula is C18H28ClNS. The van der Waals surface area contributed by atoms with Crippen molar-refractivity contribution in [2.45, 2.75) is 56.9 Å². The smallest absolute Gasteiger partial charge is 0.0541 e. The van der Waals surface area contributed by atoms with Crippen molar-refractivity contribution in [3.05, 3.63) is 29.3 Å². The highest BCUT2D eigenvalue weighted by atomic mass is 35.5. The predicted molar refractivity (Wildman–Crippen MR) is 95.4 cm³/mol. The van der Waals surface area contributed by atoms with E-state index in [9.17, 15) is 0 Å². The molecule has 2 rings (SSSR count). The van der Waals surface area contributed by atoms with Crippen LogP contribution in [0.1, 0.15) is 46.0 Å². The fourth-order valence-corrected chi connectivity index (χ4v) is 4.86. The highest BCUT2D eigenvalue weighted by Gasteiger charge is 2.27. The Morgan fingerprint density at radius 3 is 2.81 bits per heavy atom. The molecule has 1 N–H and O–H groups in total. The highest BCUT2D eigenvalue weighted by molar-refractivity contribution is 7.99. The van der Waals surface area contributed by atoms with Gasteiger partial charge in [0.25, 0.3) is 0 Å². The molecule has 1 nitrogen and oxygen atoms in total. The van der Waals surface area contributed by atoms with E-state index in [2.05, 4.69) is 31.3 Å². The minimum atomic E-state index is 0.616. The number of rotatable bonds is 7. The molecule has 0 bridgehead atoms. The van der Waals surface area contributed by atoms with Crippen molar-refractivity contribution in [1.29, 1.82) is 0 Å². The molecule has 1 aromatic rings. The Bertz CT molecular complexity index is 423. The fourth-order valence-electron chi connectivity index (χ4n) is 3.43. The van der Waals surface area contributed by atoms with Crippen LogP contribution in [-0.4, -0.2) is 18.3 Å². The third kappa shape index (κ3) is 5.19. The summed E-state index contributed by atoms with van der Waals surface area (Å²) in [7, 11) is 0. The molecule has 3 atom stereocenters. The van der Waals surface area contributed by atoms with Gasteiger partial charge in [-0.25, -0.2) is 0 Å². The lowest BCUT2D eigenvalue weighted by molar-refractivity contribution is 0.220. The molecule has 0 aromatic heterocycles. The van der Waals surface area contributed by atoms with E-state index in [1.54, 1.807) is 0 Å². The third-order valence-corrected chi connectivity index (χ3v) is 6.33. The number of benzene rings is 1. The minimum absolute atomic E-state index is 0.616. The molecule has 1 aliphatic carbocycles. The molecule has 1 aromatic carbocycles. The lowest BCUT2D eigenvalue weighted by atomic mass is 9.77. The van der Waals surface area contributed by atoms with E-state index in [0.717, 1.165) is 29.2 Å². The van der Waals surface area contributed by atoms with Crippen molar-refractivity contribution in [2.75, 3.05) is 12.3 Å². The SMILES string of the molecule is CCNC(CSc1ccccc1Cl)C1CCCC(CC)C1. The third-order valence-electron chi connectivity index (χ3n) is 4.69. The number of hydrogen-bond donors (Lipinski definition) is 1. The van der Waals surface area contributed by atoms with Crippen LogP contribution in [0.4, 0.5) is 0 Å². The first kappa shape index (κ1) is 17.2. The van der Waals surface area contributed by atoms with Crippen LogP contribution in [0, 0.1) is 11.8 Å². The number of nitrogens with one attached hydrogen (secondary N) is 1. The quantitative estimate of drug-likeness (QED) is 0.652. The number of halogens is 1. The van der Waals surface area contributed by atoms with E-state index in [1.807, 2.05) is 23.9 Å². The van der Waals surface area contributed by atoms with Gasteiger partial charge in [0.1, 0.15) is 0 Å². The Labute approximate surface area is 139 Å². The van der Waals surface area contributed by atoms with Gasteiger partial charge in [-0.1, -0.05) is 56.8 Å². The maximum Gasteiger partial charge on any atom is 0.0541 e. The van der Waals surface area contributed by atoms with Crippen LogP contribution in [0.3, 0.4) is 0 Å². The van der Waals surface area contributed by atoms with Gasteiger partial charge >= 0.3 is 0 Å². The molecule has 21 heavy (non-hydrogen) atoms. The Morgan fingerprint density at radius 1 is 1.29 bits per heavy atom. The molecule has 0 spiro atoms. The molecule has 0 heterocycles. The number of hydrogen-bond acceptors (Lipinski definition) is 2. The Balaban J connectivity index is 1.94. The van der Waals surface area contributed by atoms with Crippen LogP contribution >= 0.6 is 23.4 Å². The molecule has 1 aliphatic rings. The van der Waals surface area contributed by atoms with E-state index in [4.69, 9.17) is 11.6 Å². The van der Waals surface area contributed by atoms with Crippen molar-refractivity contribution in [2.24, 2.45) is 11.8 Å². The van der Waals surface area contributed by atoms with Crippen LogP contribution in [0.5, 0.6) is 0 Å². The maximum absolute atomic E-state index is 6.27. The zero-order chi connectivity index (χ0) is 15.1. The van der Waals surface area contributed by atoms with Crippen molar-refractivity contribution < 1.29 is 0 Å². The molecule has 0 saturated heterocycles. The summed E-state index contributed by atoms with van der Waals surface area (Å²) < 4.78 is 0. The molecule has 3 heteroatoms. The van der Waals surface area contributed by atoms with Gasteiger partial charge in [-0.15, -0.1) is 11.8 Å². The first-order valence-electron chi connectivity index (χ1n) is 8.35. The van der Waals surface area contributed by atoms with Crippen molar-refractivity contribution in [3.63, 3.8) is 0 Å². The van der Waals surface area contributed by atoms with Crippen molar-refractivity contribution in [3.8, 4) is 0 Å². The summed E-state index contributed by atoms with van der Waals surface area (Å²) in [4.78, 5) is 1.21. The summed E-state index contributed by atoms with van der Waals surface area (Å²) in [5.74, 6) is 2.90.